The largest absolute Gasteiger partial charge is 0.468 e. The molecule has 1 aromatic rings. The van der Waals surface area contributed by atoms with Crippen LogP contribution in [-0.2, 0) is 9.53 Å². The number of aromatic nitrogens is 1. The maximum Gasteiger partial charge on any atom is 0.330 e. The minimum Gasteiger partial charge on any atom is -0.468 e. The smallest absolute Gasteiger partial charge is 0.330 e. The maximum absolute atomic E-state index is 12.0. The molecule has 0 aromatic carbocycles. The fourth-order valence-corrected chi connectivity index (χ4v) is 3.39. The minimum absolute atomic E-state index is 0.237. The summed E-state index contributed by atoms with van der Waals surface area (Å²) in [5, 5.41) is 6.24. The highest BCUT2D eigenvalue weighted by Crippen LogP contribution is 2.24. The number of carbonyl (C=O) groups excluding carboxylic acids is 1. The SMILES string of the molecule is COC(=O)C(NC1CCCCCC1)c1nc(C)cs1. The summed E-state index contributed by atoms with van der Waals surface area (Å²) in [6.07, 6.45) is 7.36. The standard InChI is InChI=1S/C14H22N2O2S/c1-10-9-19-13(15-10)12(14(17)18-2)16-11-7-5-3-4-6-8-11/h9,11-12,16H,3-8H2,1-2H3. The van der Waals surface area contributed by atoms with Gasteiger partial charge in [0, 0.05) is 17.1 Å². The van der Waals surface area contributed by atoms with Gasteiger partial charge in [-0.25, -0.2) is 9.78 Å². The van der Waals surface area contributed by atoms with Gasteiger partial charge < -0.3 is 4.74 Å². The third kappa shape index (κ3) is 4.01. The van der Waals surface area contributed by atoms with Gasteiger partial charge >= 0.3 is 5.97 Å². The molecule has 1 aromatic heterocycles. The summed E-state index contributed by atoms with van der Waals surface area (Å²) >= 11 is 1.52. The molecule has 106 valence electrons. The molecule has 1 unspecified atom stereocenters. The van der Waals surface area contributed by atoms with Gasteiger partial charge in [-0.1, -0.05) is 25.7 Å². The average Bonchev–Trinajstić information content (AvgIpc) is 2.68. The van der Waals surface area contributed by atoms with Crippen LogP contribution < -0.4 is 5.32 Å². The van der Waals surface area contributed by atoms with Gasteiger partial charge in [0.2, 0.25) is 0 Å². The molecule has 4 nitrogen and oxygen atoms in total. The Labute approximate surface area is 118 Å². The van der Waals surface area contributed by atoms with Crippen molar-refractivity contribution in [2.45, 2.75) is 57.5 Å². The molecule has 1 aliphatic rings. The third-order valence-electron chi connectivity index (χ3n) is 3.58. The summed E-state index contributed by atoms with van der Waals surface area (Å²) in [5.41, 5.74) is 0.955. The molecule has 1 saturated carbocycles. The Morgan fingerprint density at radius 1 is 1.42 bits per heavy atom. The summed E-state index contributed by atoms with van der Waals surface area (Å²) in [4.78, 5) is 16.4. The van der Waals surface area contributed by atoms with Crippen molar-refractivity contribution < 1.29 is 9.53 Å². The molecular formula is C14H22N2O2S. The lowest BCUT2D eigenvalue weighted by molar-refractivity contribution is -0.143. The van der Waals surface area contributed by atoms with Crippen molar-refractivity contribution in [1.82, 2.24) is 10.3 Å². The van der Waals surface area contributed by atoms with Crippen LogP contribution in [-0.4, -0.2) is 24.1 Å². The number of ether oxygens (including phenoxy) is 1. The molecule has 0 spiro atoms. The van der Waals surface area contributed by atoms with E-state index in [9.17, 15) is 4.79 Å². The Hall–Kier alpha value is -0.940. The van der Waals surface area contributed by atoms with Crippen LogP contribution in [0.1, 0.15) is 55.3 Å². The van der Waals surface area contributed by atoms with E-state index in [0.29, 0.717) is 6.04 Å². The van der Waals surface area contributed by atoms with Crippen molar-refractivity contribution in [3.05, 3.63) is 16.1 Å². The molecular weight excluding hydrogens is 260 g/mol. The molecule has 1 fully saturated rings. The maximum atomic E-state index is 12.0. The number of hydrogen-bond acceptors (Lipinski definition) is 5. The molecule has 1 heterocycles. The van der Waals surface area contributed by atoms with Crippen LogP contribution in [0.15, 0.2) is 5.38 Å². The lowest BCUT2D eigenvalue weighted by Crippen LogP contribution is -2.37. The van der Waals surface area contributed by atoms with Crippen LogP contribution in [0.2, 0.25) is 0 Å². The van der Waals surface area contributed by atoms with E-state index in [1.807, 2.05) is 12.3 Å². The van der Waals surface area contributed by atoms with Gasteiger partial charge in [0.25, 0.3) is 0 Å². The first-order valence-corrected chi connectivity index (χ1v) is 7.84. The van der Waals surface area contributed by atoms with Crippen LogP contribution in [0.3, 0.4) is 0 Å². The Bertz CT molecular complexity index is 411. The number of esters is 1. The van der Waals surface area contributed by atoms with Gasteiger partial charge in [-0.15, -0.1) is 11.3 Å². The Morgan fingerprint density at radius 3 is 2.63 bits per heavy atom. The molecule has 1 atom stereocenters. The summed E-state index contributed by atoms with van der Waals surface area (Å²) in [7, 11) is 1.44. The van der Waals surface area contributed by atoms with E-state index in [2.05, 4.69) is 10.3 Å². The van der Waals surface area contributed by atoms with Crippen LogP contribution in [0.25, 0.3) is 0 Å². The summed E-state index contributed by atoms with van der Waals surface area (Å²) in [6, 6.07) is -0.0115. The second-order valence-electron chi connectivity index (χ2n) is 5.14. The first-order valence-electron chi connectivity index (χ1n) is 6.96. The molecule has 0 bridgehead atoms. The molecule has 1 aliphatic carbocycles. The van der Waals surface area contributed by atoms with Gasteiger partial charge in [0.1, 0.15) is 5.01 Å². The van der Waals surface area contributed by atoms with E-state index >= 15 is 0 Å². The van der Waals surface area contributed by atoms with E-state index < -0.39 is 6.04 Å². The van der Waals surface area contributed by atoms with Crippen molar-refractivity contribution in [3.8, 4) is 0 Å². The first-order chi connectivity index (χ1) is 9.20. The number of aryl methyl sites for hydroxylation is 1. The number of nitrogens with zero attached hydrogens (tertiary/aromatic N) is 1. The zero-order valence-electron chi connectivity index (χ0n) is 11.6. The number of hydrogen-bond donors (Lipinski definition) is 1. The zero-order valence-corrected chi connectivity index (χ0v) is 12.5. The molecule has 2 rings (SSSR count). The van der Waals surface area contributed by atoms with Gasteiger partial charge in [-0.3, -0.25) is 5.32 Å². The van der Waals surface area contributed by atoms with Crippen LogP contribution in [0.4, 0.5) is 0 Å². The van der Waals surface area contributed by atoms with Crippen molar-refractivity contribution in [2.75, 3.05) is 7.11 Å². The van der Waals surface area contributed by atoms with Crippen molar-refractivity contribution in [3.63, 3.8) is 0 Å². The third-order valence-corrected chi connectivity index (χ3v) is 4.61. The van der Waals surface area contributed by atoms with Gasteiger partial charge in [0.05, 0.1) is 7.11 Å². The normalized spacial score (nSPS) is 18.8. The quantitative estimate of drug-likeness (QED) is 0.681. The highest BCUT2D eigenvalue weighted by atomic mass is 32.1. The number of thiazole rings is 1. The second-order valence-corrected chi connectivity index (χ2v) is 6.03. The van der Waals surface area contributed by atoms with Crippen LogP contribution in [0, 0.1) is 6.92 Å². The van der Waals surface area contributed by atoms with E-state index in [-0.39, 0.29) is 5.97 Å². The fraction of sp³-hybridized carbons (Fsp3) is 0.714. The van der Waals surface area contributed by atoms with Crippen molar-refractivity contribution in [1.29, 1.82) is 0 Å². The number of methoxy groups -OCH3 is 1. The number of nitrogens with one attached hydrogen (secondary N) is 1. The number of carbonyl (C=O) groups is 1. The molecule has 0 aliphatic heterocycles. The lowest BCUT2D eigenvalue weighted by atomic mass is 10.1. The Morgan fingerprint density at radius 2 is 2.11 bits per heavy atom. The van der Waals surface area contributed by atoms with Crippen molar-refractivity contribution in [2.24, 2.45) is 0 Å². The summed E-state index contributed by atoms with van der Waals surface area (Å²) in [5.74, 6) is -0.237. The van der Waals surface area contributed by atoms with E-state index in [4.69, 9.17) is 4.74 Å². The van der Waals surface area contributed by atoms with E-state index in [1.54, 1.807) is 0 Å². The minimum atomic E-state index is -0.410. The summed E-state index contributed by atoms with van der Waals surface area (Å²) in [6.45, 7) is 1.94. The molecule has 19 heavy (non-hydrogen) atoms. The Balaban J connectivity index is 2.07. The fourth-order valence-electron chi connectivity index (χ4n) is 2.54. The van der Waals surface area contributed by atoms with Crippen LogP contribution in [0.5, 0.6) is 0 Å². The average molecular weight is 282 g/mol. The molecule has 0 amide bonds. The van der Waals surface area contributed by atoms with E-state index in [0.717, 1.165) is 23.5 Å². The summed E-state index contributed by atoms with van der Waals surface area (Å²) < 4.78 is 4.91. The highest BCUT2D eigenvalue weighted by Gasteiger charge is 2.27. The molecule has 0 saturated heterocycles. The molecule has 1 N–H and O–H groups in total. The zero-order chi connectivity index (χ0) is 13.7. The van der Waals surface area contributed by atoms with Crippen LogP contribution >= 0.6 is 11.3 Å². The van der Waals surface area contributed by atoms with Gasteiger partial charge in [-0.05, 0) is 19.8 Å². The number of rotatable bonds is 4. The van der Waals surface area contributed by atoms with E-state index in [1.165, 1.54) is 44.1 Å². The predicted molar refractivity (Wildman–Crippen MR) is 76.2 cm³/mol. The topological polar surface area (TPSA) is 51.2 Å². The van der Waals surface area contributed by atoms with Crippen molar-refractivity contribution >= 4 is 17.3 Å². The second kappa shape index (κ2) is 7.01. The predicted octanol–water partition coefficient (Wildman–Crippen LogP) is 2.98. The van der Waals surface area contributed by atoms with Gasteiger partial charge in [-0.2, -0.15) is 0 Å². The molecule has 5 heteroatoms. The lowest BCUT2D eigenvalue weighted by Gasteiger charge is -2.21. The first kappa shape index (κ1) is 14.5. The van der Waals surface area contributed by atoms with Gasteiger partial charge in [0.15, 0.2) is 6.04 Å². The highest BCUT2D eigenvalue weighted by molar-refractivity contribution is 7.09. The molecule has 0 radical (unpaired) electrons. The monoisotopic (exact) mass is 282 g/mol. The Kier molecular flexibility index (Phi) is 5.34.